The number of carboxylic acid groups (broad SMARTS) is 1. The Balaban J connectivity index is 2.24. The average Bonchev–Trinajstić information content (AvgIpc) is 2.63. The molecule has 0 aliphatic carbocycles. The zero-order valence-electron chi connectivity index (χ0n) is 14.3. The number of hydrogen-bond acceptors (Lipinski definition) is 4. The number of aryl methyl sites for hydroxylation is 1. The molecule has 7 heteroatoms. The van der Waals surface area contributed by atoms with Gasteiger partial charge in [0.1, 0.15) is 6.54 Å². The number of ketones is 1. The number of rotatable bonds is 4. The molecule has 6 nitrogen and oxygen atoms in total. The maximum absolute atomic E-state index is 12.5. The van der Waals surface area contributed by atoms with Gasteiger partial charge in [-0.2, -0.15) is 0 Å². The van der Waals surface area contributed by atoms with E-state index in [1.165, 1.54) is 0 Å². The van der Waals surface area contributed by atoms with E-state index < -0.39 is 36.0 Å². The van der Waals surface area contributed by atoms with E-state index in [-0.39, 0.29) is 5.57 Å². The van der Waals surface area contributed by atoms with Crippen LogP contribution in [0.2, 0.25) is 5.02 Å². The Kier molecular flexibility index (Phi) is 5.01. The number of hydrogen-bond donors (Lipinski definition) is 2. The van der Waals surface area contributed by atoms with Crippen LogP contribution in [0.5, 0.6) is 0 Å². The molecule has 2 aromatic rings. The van der Waals surface area contributed by atoms with Gasteiger partial charge in [-0.1, -0.05) is 53.6 Å². The molecule has 0 spiro atoms. The van der Waals surface area contributed by atoms with Crippen molar-refractivity contribution in [1.82, 2.24) is 4.90 Å². The van der Waals surface area contributed by atoms with Gasteiger partial charge in [-0.05, 0) is 30.2 Å². The molecule has 2 aromatic carbocycles. The maximum Gasteiger partial charge on any atom is 0.323 e. The van der Waals surface area contributed by atoms with Gasteiger partial charge in [0, 0.05) is 10.6 Å². The maximum atomic E-state index is 12.5. The van der Waals surface area contributed by atoms with E-state index in [2.05, 4.69) is 0 Å². The fourth-order valence-electron chi connectivity index (χ4n) is 3.08. The minimum atomic E-state index is -1.26. The van der Waals surface area contributed by atoms with Crippen molar-refractivity contribution in [2.75, 3.05) is 6.54 Å². The average molecular weight is 386 g/mol. The van der Waals surface area contributed by atoms with Crippen LogP contribution in [-0.2, 0) is 14.4 Å². The summed E-state index contributed by atoms with van der Waals surface area (Å²) in [4.78, 5) is 37.0. The summed E-state index contributed by atoms with van der Waals surface area (Å²) in [6, 6.07) is 12.6. The Morgan fingerprint density at radius 3 is 2.22 bits per heavy atom. The van der Waals surface area contributed by atoms with Crippen LogP contribution in [-0.4, -0.2) is 39.3 Å². The van der Waals surface area contributed by atoms with Crippen molar-refractivity contribution in [3.63, 3.8) is 0 Å². The molecule has 0 saturated carbocycles. The molecule has 0 aromatic heterocycles. The Labute approximate surface area is 160 Å². The predicted octanol–water partition coefficient (Wildman–Crippen LogP) is 3.15. The van der Waals surface area contributed by atoms with Crippen LogP contribution in [0.15, 0.2) is 54.3 Å². The predicted molar refractivity (Wildman–Crippen MR) is 99.3 cm³/mol. The molecule has 1 heterocycles. The summed E-state index contributed by atoms with van der Waals surface area (Å²) in [6.45, 7) is 1.22. The van der Waals surface area contributed by atoms with Gasteiger partial charge in [0.25, 0.3) is 11.7 Å². The third kappa shape index (κ3) is 3.57. The monoisotopic (exact) mass is 385 g/mol. The van der Waals surface area contributed by atoms with E-state index in [4.69, 9.17) is 11.6 Å². The number of aliphatic carboxylic acids is 1. The molecule has 1 aliphatic rings. The molecule has 2 N–H and O–H groups in total. The quantitative estimate of drug-likeness (QED) is 0.788. The van der Waals surface area contributed by atoms with Crippen molar-refractivity contribution in [2.45, 2.75) is 13.0 Å². The van der Waals surface area contributed by atoms with Gasteiger partial charge in [0.2, 0.25) is 0 Å². The summed E-state index contributed by atoms with van der Waals surface area (Å²) >= 11 is 5.92. The first-order valence-electron chi connectivity index (χ1n) is 8.12. The van der Waals surface area contributed by atoms with Crippen molar-refractivity contribution in [3.05, 3.63) is 76.0 Å². The fraction of sp³-hybridized carbons (Fsp3) is 0.150. The van der Waals surface area contributed by atoms with E-state index in [1.54, 1.807) is 36.4 Å². The second kappa shape index (κ2) is 7.25. The molecule has 1 atom stereocenters. The lowest BCUT2D eigenvalue weighted by Crippen LogP contribution is -2.47. The van der Waals surface area contributed by atoms with E-state index in [0.29, 0.717) is 16.1 Å². The van der Waals surface area contributed by atoms with Crippen LogP contribution in [0.1, 0.15) is 22.7 Å². The zero-order valence-corrected chi connectivity index (χ0v) is 15.1. The number of Topliss-reactive ketones (excluding diaryl/α,β-unsaturated/α-hetero) is 1. The van der Waals surface area contributed by atoms with Crippen molar-refractivity contribution in [3.8, 4) is 0 Å². The lowest BCUT2D eigenvalue weighted by atomic mass is 9.86. The summed E-state index contributed by atoms with van der Waals surface area (Å²) in [7, 11) is 0. The van der Waals surface area contributed by atoms with Crippen LogP contribution in [0.25, 0.3) is 5.57 Å². The number of carboxylic acids is 1. The van der Waals surface area contributed by atoms with Gasteiger partial charge in [0.15, 0.2) is 5.76 Å². The van der Waals surface area contributed by atoms with Crippen LogP contribution in [0, 0.1) is 6.92 Å². The summed E-state index contributed by atoms with van der Waals surface area (Å²) in [5.74, 6) is -4.14. The molecule has 0 radical (unpaired) electrons. The van der Waals surface area contributed by atoms with Gasteiger partial charge in [0.05, 0.1) is 6.04 Å². The van der Waals surface area contributed by atoms with Gasteiger partial charge in [-0.25, -0.2) is 0 Å². The number of aliphatic hydroxyl groups excluding tert-OH is 1. The third-order valence-electron chi connectivity index (χ3n) is 4.36. The van der Waals surface area contributed by atoms with Crippen molar-refractivity contribution >= 4 is 34.8 Å². The zero-order chi connectivity index (χ0) is 19.7. The number of carbonyl (C=O) groups excluding carboxylic acids is 2. The first kappa shape index (κ1) is 18.7. The van der Waals surface area contributed by atoms with Crippen LogP contribution < -0.4 is 0 Å². The lowest BCUT2D eigenvalue weighted by molar-refractivity contribution is -0.151. The largest absolute Gasteiger partial charge is 0.504 e. The third-order valence-corrected chi connectivity index (χ3v) is 4.62. The normalized spacial score (nSPS) is 17.4. The Bertz CT molecular complexity index is 947. The summed E-state index contributed by atoms with van der Waals surface area (Å²) < 4.78 is 0. The number of amides is 1. The van der Waals surface area contributed by atoms with Crippen LogP contribution in [0.4, 0.5) is 0 Å². The van der Waals surface area contributed by atoms with E-state index in [0.717, 1.165) is 10.5 Å². The van der Waals surface area contributed by atoms with Crippen LogP contribution >= 0.6 is 11.6 Å². The number of halogens is 1. The number of carbonyl (C=O) groups is 3. The molecule has 3 rings (SSSR count). The summed E-state index contributed by atoms with van der Waals surface area (Å²) in [5.41, 5.74) is 2.20. The molecule has 1 amide bonds. The van der Waals surface area contributed by atoms with Gasteiger partial charge < -0.3 is 15.1 Å². The highest BCUT2D eigenvalue weighted by Crippen LogP contribution is 2.40. The molecule has 0 saturated heterocycles. The van der Waals surface area contributed by atoms with Gasteiger partial charge >= 0.3 is 5.97 Å². The first-order chi connectivity index (χ1) is 12.8. The lowest BCUT2D eigenvalue weighted by Gasteiger charge is -2.36. The molecule has 0 fully saturated rings. The first-order valence-corrected chi connectivity index (χ1v) is 8.50. The van der Waals surface area contributed by atoms with Crippen molar-refractivity contribution in [1.29, 1.82) is 0 Å². The van der Waals surface area contributed by atoms with Gasteiger partial charge in [-0.15, -0.1) is 0 Å². The second-order valence-corrected chi connectivity index (χ2v) is 6.67. The Morgan fingerprint density at radius 2 is 1.67 bits per heavy atom. The highest BCUT2D eigenvalue weighted by atomic mass is 35.5. The van der Waals surface area contributed by atoms with Gasteiger partial charge in [-0.3, -0.25) is 14.4 Å². The Morgan fingerprint density at radius 1 is 1.07 bits per heavy atom. The highest BCUT2D eigenvalue weighted by Gasteiger charge is 2.42. The van der Waals surface area contributed by atoms with E-state index in [9.17, 15) is 24.6 Å². The molecule has 138 valence electrons. The molecule has 0 bridgehead atoms. The highest BCUT2D eigenvalue weighted by molar-refractivity contribution is 6.44. The fourth-order valence-corrected chi connectivity index (χ4v) is 3.21. The van der Waals surface area contributed by atoms with E-state index >= 15 is 0 Å². The minimum Gasteiger partial charge on any atom is -0.504 e. The second-order valence-electron chi connectivity index (χ2n) is 6.24. The smallest absolute Gasteiger partial charge is 0.323 e. The summed E-state index contributed by atoms with van der Waals surface area (Å²) in [5, 5.41) is 20.2. The Hall–Kier alpha value is -3.12. The molecule has 27 heavy (non-hydrogen) atoms. The van der Waals surface area contributed by atoms with Crippen LogP contribution in [0.3, 0.4) is 0 Å². The molecule has 0 unspecified atom stereocenters. The van der Waals surface area contributed by atoms with E-state index in [1.807, 2.05) is 19.1 Å². The van der Waals surface area contributed by atoms with Crippen molar-refractivity contribution < 1.29 is 24.6 Å². The molecular formula is C20H16ClNO5. The summed E-state index contributed by atoms with van der Waals surface area (Å²) in [6.07, 6.45) is 0. The molecule has 1 aliphatic heterocycles. The number of benzene rings is 2. The minimum absolute atomic E-state index is 0.168. The molecular weight excluding hydrogens is 370 g/mol. The standard InChI is InChI=1S/C20H16ClNO5/c1-11-2-4-13(5-3-11)17-16(12-6-8-14(21)9-7-12)18(25)19(26)20(27)22(17)10-15(23)24/h2-9,17,25H,10H2,1H3,(H,23,24)/t17-/m0/s1. The number of nitrogens with zero attached hydrogens (tertiary/aromatic N) is 1. The SMILES string of the molecule is Cc1ccc([C@H]2C(c3ccc(Cl)cc3)=C(O)C(=O)C(=O)N2CC(=O)O)cc1. The number of aliphatic hydroxyl groups is 1. The van der Waals surface area contributed by atoms with Crippen molar-refractivity contribution in [2.24, 2.45) is 0 Å². The topological polar surface area (TPSA) is 94.9 Å².